The van der Waals surface area contributed by atoms with Crippen LogP contribution in [0.4, 0.5) is 5.69 Å². The Morgan fingerprint density at radius 1 is 1.04 bits per heavy atom. The molecule has 0 aliphatic carbocycles. The van der Waals surface area contributed by atoms with Crippen LogP contribution in [0.1, 0.15) is 24.8 Å². The number of hydrogen-bond donors (Lipinski definition) is 1. The van der Waals surface area contributed by atoms with E-state index < -0.39 is 0 Å². The van der Waals surface area contributed by atoms with Gasteiger partial charge in [-0.05, 0) is 23.6 Å². The minimum Gasteiger partial charge on any atom is -0.336 e. The fourth-order valence-electron chi connectivity index (χ4n) is 2.42. The van der Waals surface area contributed by atoms with Gasteiger partial charge in [0.1, 0.15) is 0 Å². The fraction of sp³-hybridized carbons (Fsp3) is 0.263. The maximum absolute atomic E-state index is 12.3. The lowest BCUT2D eigenvalue weighted by molar-refractivity contribution is -0.133. The number of nitrogens with one attached hydrogen (secondary N) is 1. The standard InChI is InChI=1S/C19H20Cl2N2O2/c1-13(14-7-4-3-5-8-14)11-18(25)23(2)12-17(24)22-19-15(20)9-6-10-16(19)21/h3-10,13H,11-12H2,1-2H3,(H,22,24)/t13-/m0/s1. The van der Waals surface area contributed by atoms with Crippen LogP contribution in [-0.4, -0.2) is 30.3 Å². The number of rotatable bonds is 6. The van der Waals surface area contributed by atoms with Gasteiger partial charge < -0.3 is 10.2 Å². The number of carbonyl (C=O) groups excluding carboxylic acids is 2. The molecule has 2 amide bonds. The molecule has 0 fully saturated rings. The molecule has 0 saturated carbocycles. The van der Waals surface area contributed by atoms with E-state index in [1.807, 2.05) is 37.3 Å². The third-order valence-corrected chi connectivity index (χ3v) is 4.51. The van der Waals surface area contributed by atoms with Crippen LogP contribution in [0.25, 0.3) is 0 Å². The summed E-state index contributed by atoms with van der Waals surface area (Å²) in [6, 6.07) is 14.8. The number of benzene rings is 2. The van der Waals surface area contributed by atoms with E-state index in [4.69, 9.17) is 23.2 Å². The Hall–Kier alpha value is -2.04. The maximum atomic E-state index is 12.3. The zero-order valence-corrected chi connectivity index (χ0v) is 15.6. The van der Waals surface area contributed by atoms with E-state index in [-0.39, 0.29) is 24.3 Å². The van der Waals surface area contributed by atoms with E-state index in [2.05, 4.69) is 5.32 Å². The molecule has 4 nitrogen and oxygen atoms in total. The Morgan fingerprint density at radius 2 is 1.64 bits per heavy atom. The van der Waals surface area contributed by atoms with Gasteiger partial charge in [0.2, 0.25) is 11.8 Å². The first-order chi connectivity index (χ1) is 11.9. The average Bonchev–Trinajstić information content (AvgIpc) is 2.59. The predicted octanol–water partition coefficient (Wildman–Crippen LogP) is 4.58. The Labute approximate surface area is 157 Å². The molecule has 0 aromatic heterocycles. The van der Waals surface area contributed by atoms with Crippen LogP contribution < -0.4 is 5.32 Å². The zero-order valence-electron chi connectivity index (χ0n) is 14.1. The Balaban J connectivity index is 1.91. The molecule has 0 radical (unpaired) electrons. The molecule has 0 aliphatic heterocycles. The van der Waals surface area contributed by atoms with E-state index in [1.165, 1.54) is 4.90 Å². The number of anilines is 1. The van der Waals surface area contributed by atoms with Gasteiger partial charge in [0.15, 0.2) is 0 Å². The summed E-state index contributed by atoms with van der Waals surface area (Å²) in [6.07, 6.45) is 0.334. The summed E-state index contributed by atoms with van der Waals surface area (Å²) in [5.74, 6) is -0.368. The molecule has 0 saturated heterocycles. The van der Waals surface area contributed by atoms with Crippen LogP contribution in [0.3, 0.4) is 0 Å². The number of halogens is 2. The summed E-state index contributed by atoms with van der Waals surface area (Å²) in [7, 11) is 1.60. The van der Waals surface area contributed by atoms with Crippen molar-refractivity contribution in [1.82, 2.24) is 4.90 Å². The molecule has 6 heteroatoms. The first kappa shape index (κ1) is 19.3. The first-order valence-electron chi connectivity index (χ1n) is 7.91. The van der Waals surface area contributed by atoms with Crippen LogP contribution in [0.5, 0.6) is 0 Å². The SMILES string of the molecule is C[C@@H](CC(=O)N(C)CC(=O)Nc1c(Cl)cccc1Cl)c1ccccc1. The lowest BCUT2D eigenvalue weighted by Gasteiger charge is -2.20. The Bertz CT molecular complexity index is 730. The number of carbonyl (C=O) groups is 2. The van der Waals surface area contributed by atoms with Crippen LogP contribution in [0.2, 0.25) is 10.0 Å². The van der Waals surface area contributed by atoms with E-state index in [9.17, 15) is 9.59 Å². The molecule has 0 spiro atoms. The molecule has 2 rings (SSSR count). The lowest BCUT2D eigenvalue weighted by Crippen LogP contribution is -2.35. The molecule has 0 unspecified atom stereocenters. The number of likely N-dealkylation sites (N-methyl/N-ethyl adjacent to an activating group) is 1. The third kappa shape index (κ3) is 5.48. The van der Waals surface area contributed by atoms with Gasteiger partial charge in [-0.2, -0.15) is 0 Å². The van der Waals surface area contributed by atoms with Crippen LogP contribution in [0, 0.1) is 0 Å². The monoisotopic (exact) mass is 378 g/mol. The highest BCUT2D eigenvalue weighted by molar-refractivity contribution is 6.39. The van der Waals surface area contributed by atoms with E-state index >= 15 is 0 Å². The summed E-state index contributed by atoms with van der Waals surface area (Å²) in [6.45, 7) is 1.92. The highest BCUT2D eigenvalue weighted by Gasteiger charge is 2.18. The topological polar surface area (TPSA) is 49.4 Å². The van der Waals surface area contributed by atoms with Crippen LogP contribution >= 0.6 is 23.2 Å². The van der Waals surface area contributed by atoms with Crippen molar-refractivity contribution in [2.75, 3.05) is 18.9 Å². The van der Waals surface area contributed by atoms with Gasteiger partial charge in [-0.3, -0.25) is 9.59 Å². The fourth-order valence-corrected chi connectivity index (χ4v) is 2.91. The molecule has 0 aliphatic rings. The van der Waals surface area contributed by atoms with Crippen molar-refractivity contribution in [2.24, 2.45) is 0 Å². The molecular weight excluding hydrogens is 359 g/mol. The predicted molar refractivity (Wildman–Crippen MR) is 102 cm³/mol. The van der Waals surface area contributed by atoms with Gasteiger partial charge in [-0.1, -0.05) is 66.5 Å². The Kier molecular flexibility index (Phi) is 6.85. The molecule has 1 atom stereocenters. The van der Waals surface area contributed by atoms with Crippen molar-refractivity contribution in [3.8, 4) is 0 Å². The molecule has 0 bridgehead atoms. The lowest BCUT2D eigenvalue weighted by atomic mass is 9.97. The minimum absolute atomic E-state index is 0.0676. The number of para-hydroxylation sites is 1. The van der Waals surface area contributed by atoms with Gasteiger partial charge in [-0.25, -0.2) is 0 Å². The summed E-state index contributed by atoms with van der Waals surface area (Å²) in [5, 5.41) is 3.36. The third-order valence-electron chi connectivity index (χ3n) is 3.88. The quantitative estimate of drug-likeness (QED) is 0.799. The maximum Gasteiger partial charge on any atom is 0.244 e. The zero-order chi connectivity index (χ0) is 18.4. The van der Waals surface area contributed by atoms with Gasteiger partial charge in [0, 0.05) is 13.5 Å². The van der Waals surface area contributed by atoms with Crippen molar-refractivity contribution in [3.63, 3.8) is 0 Å². The normalized spacial score (nSPS) is 11.7. The van der Waals surface area contributed by atoms with E-state index in [1.54, 1.807) is 25.2 Å². The van der Waals surface area contributed by atoms with E-state index in [0.717, 1.165) is 5.56 Å². The molecule has 132 valence electrons. The first-order valence-corrected chi connectivity index (χ1v) is 8.67. The second kappa shape index (κ2) is 8.88. The van der Waals surface area contributed by atoms with Crippen molar-refractivity contribution in [1.29, 1.82) is 0 Å². The molecule has 0 heterocycles. The molecule has 2 aromatic rings. The summed E-state index contributed by atoms with van der Waals surface area (Å²) in [5.41, 5.74) is 1.45. The Morgan fingerprint density at radius 3 is 2.24 bits per heavy atom. The second-order valence-electron chi connectivity index (χ2n) is 5.91. The van der Waals surface area contributed by atoms with Crippen molar-refractivity contribution >= 4 is 40.7 Å². The molecule has 2 aromatic carbocycles. The van der Waals surface area contributed by atoms with Gasteiger partial charge >= 0.3 is 0 Å². The summed E-state index contributed by atoms with van der Waals surface area (Å²) < 4.78 is 0. The molecule has 1 N–H and O–H groups in total. The van der Waals surface area contributed by atoms with Crippen molar-refractivity contribution in [2.45, 2.75) is 19.3 Å². The minimum atomic E-state index is -0.349. The smallest absolute Gasteiger partial charge is 0.244 e. The van der Waals surface area contributed by atoms with Crippen molar-refractivity contribution in [3.05, 3.63) is 64.1 Å². The van der Waals surface area contributed by atoms with E-state index in [0.29, 0.717) is 22.2 Å². The molecular formula is C19H20Cl2N2O2. The summed E-state index contributed by atoms with van der Waals surface area (Å²) >= 11 is 12.1. The second-order valence-corrected chi connectivity index (χ2v) is 6.72. The van der Waals surface area contributed by atoms with Gasteiger partial charge in [0.25, 0.3) is 0 Å². The van der Waals surface area contributed by atoms with Crippen LogP contribution in [-0.2, 0) is 9.59 Å². The summed E-state index contributed by atoms with van der Waals surface area (Å²) in [4.78, 5) is 25.9. The van der Waals surface area contributed by atoms with Gasteiger partial charge in [0.05, 0.1) is 22.3 Å². The highest BCUT2D eigenvalue weighted by atomic mass is 35.5. The molecule has 25 heavy (non-hydrogen) atoms. The number of amides is 2. The largest absolute Gasteiger partial charge is 0.336 e. The van der Waals surface area contributed by atoms with Crippen LogP contribution in [0.15, 0.2) is 48.5 Å². The highest BCUT2D eigenvalue weighted by Crippen LogP contribution is 2.29. The number of hydrogen-bond acceptors (Lipinski definition) is 2. The average molecular weight is 379 g/mol. The number of nitrogens with zero attached hydrogens (tertiary/aromatic N) is 1. The van der Waals surface area contributed by atoms with Gasteiger partial charge in [-0.15, -0.1) is 0 Å². The van der Waals surface area contributed by atoms with Crippen molar-refractivity contribution < 1.29 is 9.59 Å².